The van der Waals surface area contributed by atoms with E-state index in [-0.39, 0.29) is 5.41 Å². The van der Waals surface area contributed by atoms with Crippen molar-refractivity contribution in [3.8, 4) is 0 Å². The van der Waals surface area contributed by atoms with E-state index >= 15 is 0 Å². The zero-order valence-electron chi connectivity index (χ0n) is 13.1. The van der Waals surface area contributed by atoms with E-state index in [1.165, 1.54) is 5.56 Å². The number of rotatable bonds is 5. The Balaban J connectivity index is 1.90. The maximum Gasteiger partial charge on any atom is 0.138 e. The topological polar surface area (TPSA) is 63.8 Å². The molecule has 1 aromatic heterocycles. The van der Waals surface area contributed by atoms with Gasteiger partial charge in [-0.15, -0.1) is 0 Å². The van der Waals surface area contributed by atoms with Gasteiger partial charge in [-0.25, -0.2) is 9.97 Å². The molecule has 0 aliphatic rings. The quantitative estimate of drug-likeness (QED) is 0.826. The average Bonchev–Trinajstić information content (AvgIpc) is 2.43. The first kappa shape index (κ1) is 15.3. The first-order valence-electron chi connectivity index (χ1n) is 7.38. The molecule has 0 bridgehead atoms. The SMILES string of the molecule is CC(C)(C)c1nc(N)cc(NCCCc2ccccc2)n1. The van der Waals surface area contributed by atoms with Gasteiger partial charge in [0, 0.05) is 18.0 Å². The standard InChI is InChI=1S/C17H24N4/c1-17(2,3)16-20-14(18)12-15(21-16)19-11-7-10-13-8-5-4-6-9-13/h4-6,8-9,12H,7,10-11H2,1-3H3,(H3,18,19,20,21). The molecular formula is C17H24N4. The largest absolute Gasteiger partial charge is 0.384 e. The van der Waals surface area contributed by atoms with E-state index < -0.39 is 0 Å². The highest BCUT2D eigenvalue weighted by atomic mass is 15.1. The molecule has 0 aliphatic carbocycles. The van der Waals surface area contributed by atoms with Gasteiger partial charge in [-0.1, -0.05) is 51.1 Å². The highest BCUT2D eigenvalue weighted by molar-refractivity contribution is 5.45. The molecule has 0 spiro atoms. The number of benzene rings is 1. The zero-order valence-corrected chi connectivity index (χ0v) is 13.1. The molecule has 0 saturated heterocycles. The molecule has 21 heavy (non-hydrogen) atoms. The summed E-state index contributed by atoms with van der Waals surface area (Å²) in [5.74, 6) is 2.09. The summed E-state index contributed by atoms with van der Waals surface area (Å²) in [6, 6.07) is 12.3. The number of nitrogens with zero attached hydrogens (tertiary/aromatic N) is 2. The van der Waals surface area contributed by atoms with E-state index in [0.29, 0.717) is 5.82 Å². The molecular weight excluding hydrogens is 260 g/mol. The second kappa shape index (κ2) is 6.57. The van der Waals surface area contributed by atoms with E-state index in [4.69, 9.17) is 5.73 Å². The Morgan fingerprint density at radius 3 is 2.48 bits per heavy atom. The van der Waals surface area contributed by atoms with Crippen molar-refractivity contribution in [2.45, 2.75) is 39.0 Å². The molecule has 2 rings (SSSR count). The van der Waals surface area contributed by atoms with Gasteiger partial charge >= 0.3 is 0 Å². The summed E-state index contributed by atoms with van der Waals surface area (Å²) in [7, 11) is 0. The first-order chi connectivity index (χ1) is 9.95. The van der Waals surface area contributed by atoms with Gasteiger partial charge in [0.2, 0.25) is 0 Å². The van der Waals surface area contributed by atoms with Crippen LogP contribution in [-0.2, 0) is 11.8 Å². The summed E-state index contributed by atoms with van der Waals surface area (Å²) in [5.41, 5.74) is 7.12. The predicted molar refractivity (Wildman–Crippen MR) is 88.4 cm³/mol. The molecule has 4 heteroatoms. The second-order valence-corrected chi connectivity index (χ2v) is 6.27. The van der Waals surface area contributed by atoms with Crippen LogP contribution in [-0.4, -0.2) is 16.5 Å². The number of nitrogen functional groups attached to an aromatic ring is 1. The molecule has 1 heterocycles. The van der Waals surface area contributed by atoms with Crippen LogP contribution in [0.2, 0.25) is 0 Å². The molecule has 0 fully saturated rings. The van der Waals surface area contributed by atoms with E-state index in [9.17, 15) is 0 Å². The molecule has 112 valence electrons. The molecule has 2 aromatic rings. The lowest BCUT2D eigenvalue weighted by atomic mass is 9.96. The highest BCUT2D eigenvalue weighted by Gasteiger charge is 2.18. The minimum atomic E-state index is -0.101. The molecule has 4 nitrogen and oxygen atoms in total. The number of aromatic nitrogens is 2. The normalized spacial score (nSPS) is 11.4. The number of aryl methyl sites for hydroxylation is 1. The first-order valence-corrected chi connectivity index (χ1v) is 7.38. The maximum absolute atomic E-state index is 5.86. The van der Waals surface area contributed by atoms with E-state index in [1.54, 1.807) is 6.07 Å². The minimum Gasteiger partial charge on any atom is -0.384 e. The van der Waals surface area contributed by atoms with Gasteiger partial charge in [0.25, 0.3) is 0 Å². The molecule has 0 radical (unpaired) electrons. The predicted octanol–water partition coefficient (Wildman–Crippen LogP) is 3.40. The lowest BCUT2D eigenvalue weighted by Gasteiger charge is -2.18. The lowest BCUT2D eigenvalue weighted by molar-refractivity contribution is 0.547. The summed E-state index contributed by atoms with van der Waals surface area (Å²) in [5, 5.41) is 3.34. The summed E-state index contributed by atoms with van der Waals surface area (Å²) in [6.45, 7) is 7.12. The van der Waals surface area contributed by atoms with Crippen molar-refractivity contribution >= 4 is 11.6 Å². The highest BCUT2D eigenvalue weighted by Crippen LogP contribution is 2.21. The number of nitrogens with two attached hydrogens (primary N) is 1. The van der Waals surface area contributed by atoms with Gasteiger partial charge in [-0.3, -0.25) is 0 Å². The number of hydrogen-bond donors (Lipinski definition) is 2. The number of nitrogens with one attached hydrogen (secondary N) is 1. The van der Waals surface area contributed by atoms with Crippen molar-refractivity contribution in [1.82, 2.24) is 9.97 Å². The zero-order chi connectivity index (χ0) is 15.3. The number of anilines is 2. The molecule has 0 aliphatic heterocycles. The van der Waals surface area contributed by atoms with Gasteiger partial charge in [-0.2, -0.15) is 0 Å². The third-order valence-electron chi connectivity index (χ3n) is 3.21. The van der Waals surface area contributed by atoms with Crippen molar-refractivity contribution in [3.05, 3.63) is 47.8 Å². The van der Waals surface area contributed by atoms with E-state index in [0.717, 1.165) is 31.0 Å². The Kier molecular flexibility index (Phi) is 4.78. The fourth-order valence-corrected chi connectivity index (χ4v) is 2.05. The van der Waals surface area contributed by atoms with Crippen molar-refractivity contribution < 1.29 is 0 Å². The lowest BCUT2D eigenvalue weighted by Crippen LogP contribution is -2.18. The molecule has 0 atom stereocenters. The molecule has 0 amide bonds. The molecule has 3 N–H and O–H groups in total. The molecule has 0 unspecified atom stereocenters. The number of hydrogen-bond acceptors (Lipinski definition) is 4. The van der Waals surface area contributed by atoms with Gasteiger partial charge in [-0.05, 0) is 18.4 Å². The third kappa shape index (κ3) is 4.74. The van der Waals surface area contributed by atoms with Crippen molar-refractivity contribution in [3.63, 3.8) is 0 Å². The van der Waals surface area contributed by atoms with Crippen LogP contribution >= 0.6 is 0 Å². The second-order valence-electron chi connectivity index (χ2n) is 6.27. The third-order valence-corrected chi connectivity index (χ3v) is 3.21. The van der Waals surface area contributed by atoms with Crippen LogP contribution in [0.25, 0.3) is 0 Å². The van der Waals surface area contributed by atoms with Gasteiger partial charge in [0.15, 0.2) is 0 Å². The van der Waals surface area contributed by atoms with Crippen LogP contribution in [0.5, 0.6) is 0 Å². The minimum absolute atomic E-state index is 0.101. The van der Waals surface area contributed by atoms with Gasteiger partial charge in [0.1, 0.15) is 17.5 Å². The smallest absolute Gasteiger partial charge is 0.138 e. The Bertz CT molecular complexity index is 573. The monoisotopic (exact) mass is 284 g/mol. The summed E-state index contributed by atoms with van der Waals surface area (Å²) in [6.07, 6.45) is 2.11. The Morgan fingerprint density at radius 2 is 1.81 bits per heavy atom. The van der Waals surface area contributed by atoms with Crippen LogP contribution in [0.1, 0.15) is 38.6 Å². The van der Waals surface area contributed by atoms with Crippen molar-refractivity contribution in [2.24, 2.45) is 0 Å². The summed E-state index contributed by atoms with van der Waals surface area (Å²) < 4.78 is 0. The fourth-order valence-electron chi connectivity index (χ4n) is 2.05. The maximum atomic E-state index is 5.86. The van der Waals surface area contributed by atoms with Gasteiger partial charge < -0.3 is 11.1 Å². The Hall–Kier alpha value is -2.10. The van der Waals surface area contributed by atoms with Gasteiger partial charge in [0.05, 0.1) is 0 Å². The van der Waals surface area contributed by atoms with E-state index in [1.807, 2.05) is 6.07 Å². The summed E-state index contributed by atoms with van der Waals surface area (Å²) >= 11 is 0. The fraction of sp³-hybridized carbons (Fsp3) is 0.412. The Morgan fingerprint density at radius 1 is 1.10 bits per heavy atom. The van der Waals surface area contributed by atoms with Crippen molar-refractivity contribution in [2.75, 3.05) is 17.6 Å². The average molecular weight is 284 g/mol. The van der Waals surface area contributed by atoms with E-state index in [2.05, 4.69) is 60.3 Å². The van der Waals surface area contributed by atoms with Crippen LogP contribution in [0.4, 0.5) is 11.6 Å². The van der Waals surface area contributed by atoms with Crippen LogP contribution in [0.15, 0.2) is 36.4 Å². The van der Waals surface area contributed by atoms with Crippen LogP contribution in [0, 0.1) is 0 Å². The molecule has 1 aromatic carbocycles. The van der Waals surface area contributed by atoms with Crippen LogP contribution < -0.4 is 11.1 Å². The van der Waals surface area contributed by atoms with Crippen molar-refractivity contribution in [1.29, 1.82) is 0 Å². The van der Waals surface area contributed by atoms with Crippen LogP contribution in [0.3, 0.4) is 0 Å². The summed E-state index contributed by atoms with van der Waals surface area (Å²) in [4.78, 5) is 8.85. The Labute approximate surface area is 126 Å². The molecule has 0 saturated carbocycles.